The SMILES string of the molecule is CCN1CCN(C(=O)CN2NC(c3ccccc3)=CCC2=O)CC1. The zero-order valence-electron chi connectivity index (χ0n) is 14.1. The number of amides is 2. The molecule has 0 spiro atoms. The summed E-state index contributed by atoms with van der Waals surface area (Å²) < 4.78 is 0. The van der Waals surface area contributed by atoms with E-state index in [4.69, 9.17) is 0 Å². The van der Waals surface area contributed by atoms with E-state index in [1.54, 1.807) is 0 Å². The van der Waals surface area contributed by atoms with Crippen LogP contribution in [0.1, 0.15) is 18.9 Å². The summed E-state index contributed by atoms with van der Waals surface area (Å²) in [6.45, 7) is 6.49. The topological polar surface area (TPSA) is 55.9 Å². The molecule has 6 heteroatoms. The number of hydrazine groups is 1. The van der Waals surface area contributed by atoms with Gasteiger partial charge in [-0.05, 0) is 18.2 Å². The third-order valence-electron chi connectivity index (χ3n) is 4.59. The van der Waals surface area contributed by atoms with Gasteiger partial charge in [0, 0.05) is 32.6 Å². The molecule has 1 aromatic carbocycles. The van der Waals surface area contributed by atoms with Crippen molar-refractivity contribution in [2.75, 3.05) is 39.3 Å². The molecule has 1 saturated heterocycles. The monoisotopic (exact) mass is 328 g/mol. The molecule has 2 amide bonds. The normalized spacial score (nSPS) is 19.0. The Hall–Kier alpha value is -2.34. The van der Waals surface area contributed by atoms with Crippen molar-refractivity contribution in [1.82, 2.24) is 20.2 Å². The summed E-state index contributed by atoms with van der Waals surface area (Å²) in [7, 11) is 0. The van der Waals surface area contributed by atoms with Gasteiger partial charge in [0.05, 0.1) is 5.70 Å². The lowest BCUT2D eigenvalue weighted by molar-refractivity contribution is -0.143. The molecule has 2 heterocycles. The quantitative estimate of drug-likeness (QED) is 0.893. The molecule has 1 fully saturated rings. The number of likely N-dealkylation sites (N-methyl/N-ethyl adjacent to an activating group) is 1. The second-order valence-corrected chi connectivity index (χ2v) is 6.09. The van der Waals surface area contributed by atoms with Crippen LogP contribution in [0.5, 0.6) is 0 Å². The van der Waals surface area contributed by atoms with Gasteiger partial charge in [0.25, 0.3) is 0 Å². The number of piperazine rings is 1. The summed E-state index contributed by atoms with van der Waals surface area (Å²) in [6, 6.07) is 9.83. The molecule has 0 saturated carbocycles. The number of rotatable bonds is 4. The van der Waals surface area contributed by atoms with Crippen LogP contribution in [-0.4, -0.2) is 65.9 Å². The summed E-state index contributed by atoms with van der Waals surface area (Å²) in [6.07, 6.45) is 2.19. The second kappa shape index (κ2) is 7.49. The Morgan fingerprint density at radius 3 is 2.50 bits per heavy atom. The summed E-state index contributed by atoms with van der Waals surface area (Å²) in [5.74, 6) is -0.0730. The molecular weight excluding hydrogens is 304 g/mol. The fraction of sp³-hybridized carbons (Fsp3) is 0.444. The average Bonchev–Trinajstić information content (AvgIpc) is 2.64. The zero-order chi connectivity index (χ0) is 16.9. The Labute approximate surface area is 142 Å². The molecule has 0 unspecified atom stereocenters. The van der Waals surface area contributed by atoms with E-state index < -0.39 is 0 Å². The van der Waals surface area contributed by atoms with Gasteiger partial charge in [-0.25, -0.2) is 5.01 Å². The Morgan fingerprint density at radius 2 is 1.83 bits per heavy atom. The van der Waals surface area contributed by atoms with Gasteiger partial charge in [0.15, 0.2) is 0 Å². The van der Waals surface area contributed by atoms with Crippen LogP contribution in [-0.2, 0) is 9.59 Å². The first kappa shape index (κ1) is 16.5. The Balaban J connectivity index is 1.59. The minimum absolute atomic E-state index is 0.000847. The molecule has 2 aliphatic heterocycles. The van der Waals surface area contributed by atoms with Crippen molar-refractivity contribution in [3.8, 4) is 0 Å². The summed E-state index contributed by atoms with van der Waals surface area (Å²) in [4.78, 5) is 28.8. The predicted molar refractivity (Wildman–Crippen MR) is 92.6 cm³/mol. The van der Waals surface area contributed by atoms with Gasteiger partial charge in [-0.2, -0.15) is 0 Å². The van der Waals surface area contributed by atoms with Crippen LogP contribution in [0.25, 0.3) is 5.70 Å². The van der Waals surface area contributed by atoms with E-state index >= 15 is 0 Å². The van der Waals surface area contributed by atoms with Crippen LogP contribution in [0, 0.1) is 0 Å². The Bertz CT molecular complexity index is 621. The van der Waals surface area contributed by atoms with Crippen LogP contribution in [0.15, 0.2) is 36.4 Å². The number of carbonyl (C=O) groups excluding carboxylic acids is 2. The average molecular weight is 328 g/mol. The van der Waals surface area contributed by atoms with Crippen LogP contribution in [0.4, 0.5) is 0 Å². The Morgan fingerprint density at radius 1 is 1.12 bits per heavy atom. The van der Waals surface area contributed by atoms with E-state index in [9.17, 15) is 9.59 Å². The first-order chi connectivity index (χ1) is 11.7. The van der Waals surface area contributed by atoms with Crippen molar-refractivity contribution in [3.05, 3.63) is 42.0 Å². The third-order valence-corrected chi connectivity index (χ3v) is 4.59. The fourth-order valence-electron chi connectivity index (χ4n) is 3.03. The highest BCUT2D eigenvalue weighted by atomic mass is 16.2. The van der Waals surface area contributed by atoms with Crippen LogP contribution < -0.4 is 5.43 Å². The van der Waals surface area contributed by atoms with Crippen molar-refractivity contribution in [2.45, 2.75) is 13.3 Å². The summed E-state index contributed by atoms with van der Waals surface area (Å²) in [5, 5.41) is 1.44. The molecule has 0 aromatic heterocycles. The first-order valence-corrected chi connectivity index (χ1v) is 8.50. The number of hydrogen-bond donors (Lipinski definition) is 1. The van der Waals surface area contributed by atoms with E-state index in [0.29, 0.717) is 6.42 Å². The standard InChI is InChI=1S/C18H24N4O2/c1-2-20-10-12-21(13-11-20)18(24)14-22-17(23)9-8-16(19-22)15-6-4-3-5-7-15/h3-8,19H,2,9-14H2,1H3. The molecule has 0 aliphatic carbocycles. The lowest BCUT2D eigenvalue weighted by Crippen LogP contribution is -2.54. The molecule has 0 radical (unpaired) electrons. The fourth-order valence-corrected chi connectivity index (χ4v) is 3.03. The molecule has 0 atom stereocenters. The van der Waals surface area contributed by atoms with Gasteiger partial charge >= 0.3 is 0 Å². The number of hydrogen-bond acceptors (Lipinski definition) is 4. The highest BCUT2D eigenvalue weighted by Gasteiger charge is 2.26. The van der Waals surface area contributed by atoms with Crippen LogP contribution >= 0.6 is 0 Å². The van der Waals surface area contributed by atoms with Gasteiger partial charge in [0.2, 0.25) is 11.8 Å². The molecule has 1 N–H and O–H groups in total. The van der Waals surface area contributed by atoms with Crippen molar-refractivity contribution in [1.29, 1.82) is 0 Å². The largest absolute Gasteiger partial charge is 0.339 e. The maximum absolute atomic E-state index is 12.5. The third kappa shape index (κ3) is 3.76. The van der Waals surface area contributed by atoms with Gasteiger partial charge in [0.1, 0.15) is 6.54 Å². The minimum atomic E-state index is -0.0739. The highest BCUT2D eigenvalue weighted by Crippen LogP contribution is 2.17. The molecule has 2 aliphatic rings. The van der Waals surface area contributed by atoms with Gasteiger partial charge < -0.3 is 9.80 Å². The molecule has 24 heavy (non-hydrogen) atoms. The summed E-state index contributed by atoms with van der Waals surface area (Å²) >= 11 is 0. The van der Waals surface area contributed by atoms with Crippen molar-refractivity contribution < 1.29 is 9.59 Å². The highest BCUT2D eigenvalue weighted by molar-refractivity contribution is 5.88. The molecule has 6 nitrogen and oxygen atoms in total. The summed E-state index contributed by atoms with van der Waals surface area (Å²) in [5.41, 5.74) is 4.98. The van der Waals surface area contributed by atoms with E-state index in [1.165, 1.54) is 5.01 Å². The lowest BCUT2D eigenvalue weighted by Gasteiger charge is -2.36. The molecular formula is C18H24N4O2. The zero-order valence-corrected chi connectivity index (χ0v) is 14.1. The van der Waals surface area contributed by atoms with Crippen molar-refractivity contribution in [3.63, 3.8) is 0 Å². The Kier molecular flexibility index (Phi) is 5.15. The number of nitrogens with one attached hydrogen (secondary N) is 1. The molecule has 0 bridgehead atoms. The van der Waals surface area contributed by atoms with Gasteiger partial charge in [-0.3, -0.25) is 15.0 Å². The van der Waals surface area contributed by atoms with Crippen molar-refractivity contribution in [2.24, 2.45) is 0 Å². The first-order valence-electron chi connectivity index (χ1n) is 8.50. The van der Waals surface area contributed by atoms with E-state index in [-0.39, 0.29) is 18.4 Å². The smallest absolute Gasteiger partial charge is 0.245 e. The van der Waals surface area contributed by atoms with Crippen LogP contribution in [0.3, 0.4) is 0 Å². The van der Waals surface area contributed by atoms with E-state index in [2.05, 4.69) is 17.2 Å². The minimum Gasteiger partial charge on any atom is -0.339 e. The number of nitrogens with zero attached hydrogens (tertiary/aromatic N) is 3. The van der Waals surface area contributed by atoms with Crippen molar-refractivity contribution >= 4 is 17.5 Å². The number of carbonyl (C=O) groups is 2. The molecule has 128 valence electrons. The van der Waals surface area contributed by atoms with Crippen LogP contribution in [0.2, 0.25) is 0 Å². The molecule has 3 rings (SSSR count). The van der Waals surface area contributed by atoms with E-state index in [1.807, 2.05) is 41.3 Å². The van der Waals surface area contributed by atoms with Gasteiger partial charge in [-0.15, -0.1) is 0 Å². The maximum Gasteiger partial charge on any atom is 0.245 e. The van der Waals surface area contributed by atoms with Gasteiger partial charge in [-0.1, -0.05) is 37.3 Å². The molecule has 1 aromatic rings. The second-order valence-electron chi connectivity index (χ2n) is 6.09. The predicted octanol–water partition coefficient (Wildman–Crippen LogP) is 0.928. The van der Waals surface area contributed by atoms with E-state index in [0.717, 1.165) is 44.0 Å². The number of benzene rings is 1. The lowest BCUT2D eigenvalue weighted by atomic mass is 10.1. The maximum atomic E-state index is 12.5.